The Morgan fingerprint density at radius 3 is 2.19 bits per heavy atom. The predicted octanol–water partition coefficient (Wildman–Crippen LogP) is -2.02. The van der Waals surface area contributed by atoms with Crippen LogP contribution in [0.25, 0.3) is 0 Å². The Kier molecular flexibility index (Phi) is 8.71. The van der Waals surface area contributed by atoms with E-state index in [0.29, 0.717) is 0 Å². The van der Waals surface area contributed by atoms with E-state index in [1.807, 2.05) is 0 Å². The van der Waals surface area contributed by atoms with Crippen molar-refractivity contribution in [2.45, 2.75) is 4.90 Å². The van der Waals surface area contributed by atoms with Crippen molar-refractivity contribution in [2.75, 3.05) is 5.75 Å². The van der Waals surface area contributed by atoms with E-state index in [0.717, 1.165) is 0 Å². The van der Waals surface area contributed by atoms with Gasteiger partial charge in [0.05, 0.1) is 4.90 Å². The third-order valence-electron chi connectivity index (χ3n) is 1.58. The minimum atomic E-state index is -3.56. The first-order valence-electron chi connectivity index (χ1n) is 3.83. The summed E-state index contributed by atoms with van der Waals surface area (Å²) in [6.07, 6.45) is 0. The quantitative estimate of drug-likeness (QED) is 0.280. The van der Waals surface area contributed by atoms with E-state index < -0.39 is 21.5 Å². The summed E-state index contributed by atoms with van der Waals surface area (Å²) in [5, 5.41) is 0. The molecule has 0 fully saturated rings. The molecule has 0 saturated heterocycles. The molecule has 1 rings (SSSR count). The number of carbonyl (C=O) groups excluding carboxylic acids is 1. The van der Waals surface area contributed by atoms with E-state index in [1.165, 1.54) is 12.1 Å². The van der Waals surface area contributed by atoms with Crippen LogP contribution in [0, 0.1) is 0 Å². The average molecular weight is 256 g/mol. The second-order valence-electron chi connectivity index (χ2n) is 2.64. The predicted molar refractivity (Wildman–Crippen MR) is 61.6 cm³/mol. The molecule has 86 valence electrons. The molecule has 0 saturated carbocycles. The minimum absolute atomic E-state index is 0. The number of hydrazine groups is 1. The molecule has 8 heteroatoms. The van der Waals surface area contributed by atoms with Crippen molar-refractivity contribution in [3.63, 3.8) is 0 Å². The Labute approximate surface area is 116 Å². The van der Waals surface area contributed by atoms with Crippen LogP contribution in [-0.2, 0) is 14.6 Å². The summed E-state index contributed by atoms with van der Waals surface area (Å²) < 4.78 is 23.0. The van der Waals surface area contributed by atoms with E-state index in [2.05, 4.69) is 0 Å². The molecule has 1 amide bonds. The summed E-state index contributed by atoms with van der Waals surface area (Å²) in [7, 11) is -3.56. The van der Waals surface area contributed by atoms with Crippen LogP contribution in [0.15, 0.2) is 35.2 Å². The fourth-order valence-electron chi connectivity index (χ4n) is 0.925. The van der Waals surface area contributed by atoms with Crippen molar-refractivity contribution < 1.29 is 18.7 Å². The van der Waals surface area contributed by atoms with Gasteiger partial charge >= 0.3 is 29.6 Å². The SMILES string of the molecule is NNC(=O)CS(=O)(=O)c1ccccc1.O.[NaH]. The number of sulfone groups is 1. The first-order chi connectivity index (χ1) is 6.56. The number of rotatable bonds is 3. The Balaban J connectivity index is 0. The van der Waals surface area contributed by atoms with Crippen LogP contribution in [0.1, 0.15) is 0 Å². The second kappa shape index (κ2) is 7.77. The van der Waals surface area contributed by atoms with Crippen LogP contribution >= 0.6 is 0 Å². The summed E-state index contributed by atoms with van der Waals surface area (Å²) in [6.45, 7) is 0. The zero-order chi connectivity index (χ0) is 10.6. The molecule has 0 heterocycles. The van der Waals surface area contributed by atoms with E-state index in [4.69, 9.17) is 5.84 Å². The molecule has 0 atom stereocenters. The maximum atomic E-state index is 11.5. The molecule has 0 aromatic heterocycles. The van der Waals surface area contributed by atoms with Crippen LogP contribution in [0.3, 0.4) is 0 Å². The van der Waals surface area contributed by atoms with Crippen molar-refractivity contribution in [2.24, 2.45) is 5.84 Å². The number of hydrogen-bond donors (Lipinski definition) is 2. The molecule has 0 unspecified atom stereocenters. The van der Waals surface area contributed by atoms with Crippen molar-refractivity contribution >= 4 is 45.3 Å². The molecular formula is C8H13N2NaO4S. The van der Waals surface area contributed by atoms with Crippen LogP contribution < -0.4 is 11.3 Å². The average Bonchev–Trinajstić information content (AvgIpc) is 2.18. The molecule has 0 radical (unpaired) electrons. The van der Waals surface area contributed by atoms with Gasteiger partial charge in [0.15, 0.2) is 9.84 Å². The van der Waals surface area contributed by atoms with Crippen molar-refractivity contribution in [3.05, 3.63) is 30.3 Å². The van der Waals surface area contributed by atoms with Gasteiger partial charge in [0, 0.05) is 0 Å². The first kappa shape index (κ1) is 17.9. The number of hydrogen-bond acceptors (Lipinski definition) is 4. The molecule has 0 aliphatic carbocycles. The Hall–Kier alpha value is -0.440. The van der Waals surface area contributed by atoms with Crippen molar-refractivity contribution in [1.29, 1.82) is 0 Å². The van der Waals surface area contributed by atoms with Gasteiger partial charge in [-0.2, -0.15) is 0 Å². The van der Waals surface area contributed by atoms with E-state index >= 15 is 0 Å². The van der Waals surface area contributed by atoms with E-state index in [-0.39, 0.29) is 39.9 Å². The molecule has 6 nitrogen and oxygen atoms in total. The third kappa shape index (κ3) is 5.06. The molecule has 1 aromatic rings. The van der Waals surface area contributed by atoms with E-state index in [9.17, 15) is 13.2 Å². The number of benzene rings is 1. The topological polar surface area (TPSA) is 121 Å². The van der Waals surface area contributed by atoms with Crippen LogP contribution in [0.2, 0.25) is 0 Å². The maximum absolute atomic E-state index is 11.5. The van der Waals surface area contributed by atoms with Gasteiger partial charge in [0.2, 0.25) is 5.91 Å². The number of nitrogens with one attached hydrogen (secondary N) is 1. The molecule has 0 spiro atoms. The summed E-state index contributed by atoms with van der Waals surface area (Å²) in [5.41, 5.74) is 1.77. The molecular weight excluding hydrogens is 243 g/mol. The molecule has 5 N–H and O–H groups in total. The first-order valence-corrected chi connectivity index (χ1v) is 5.49. The molecule has 0 bridgehead atoms. The normalized spacial score (nSPS) is 9.56. The van der Waals surface area contributed by atoms with Crippen molar-refractivity contribution in [3.8, 4) is 0 Å². The monoisotopic (exact) mass is 256 g/mol. The zero-order valence-corrected chi connectivity index (χ0v) is 8.62. The standard InChI is InChI=1S/C8H10N2O3S.Na.H2O.H/c9-10-8(11)6-14(12,13)7-4-2-1-3-5-7;;;/h1-5H,6,9H2,(H,10,11);;1H2;. The number of amides is 1. The zero-order valence-electron chi connectivity index (χ0n) is 7.80. The summed E-state index contributed by atoms with van der Waals surface area (Å²) >= 11 is 0. The van der Waals surface area contributed by atoms with Crippen LogP contribution in [0.5, 0.6) is 0 Å². The summed E-state index contributed by atoms with van der Waals surface area (Å²) in [5.74, 6) is 3.43. The molecule has 1 aromatic carbocycles. The van der Waals surface area contributed by atoms with Gasteiger partial charge in [0.25, 0.3) is 0 Å². The van der Waals surface area contributed by atoms with Gasteiger partial charge in [-0.1, -0.05) is 18.2 Å². The van der Waals surface area contributed by atoms with Crippen LogP contribution in [-0.4, -0.2) is 55.1 Å². The molecule has 0 aliphatic rings. The summed E-state index contributed by atoms with van der Waals surface area (Å²) in [4.78, 5) is 10.9. The van der Waals surface area contributed by atoms with Crippen LogP contribution in [0.4, 0.5) is 0 Å². The fraction of sp³-hybridized carbons (Fsp3) is 0.125. The number of carbonyl (C=O) groups is 1. The Bertz CT molecular complexity index is 421. The Morgan fingerprint density at radius 1 is 1.25 bits per heavy atom. The van der Waals surface area contributed by atoms with Gasteiger partial charge in [-0.25, -0.2) is 14.3 Å². The Morgan fingerprint density at radius 2 is 1.75 bits per heavy atom. The molecule has 16 heavy (non-hydrogen) atoms. The molecule has 0 aliphatic heterocycles. The van der Waals surface area contributed by atoms with Gasteiger partial charge in [-0.15, -0.1) is 0 Å². The van der Waals surface area contributed by atoms with E-state index in [1.54, 1.807) is 23.6 Å². The number of nitrogens with two attached hydrogens (primary N) is 1. The van der Waals surface area contributed by atoms with Gasteiger partial charge in [-0.05, 0) is 12.1 Å². The van der Waals surface area contributed by atoms with Crippen molar-refractivity contribution in [1.82, 2.24) is 5.43 Å². The van der Waals surface area contributed by atoms with Gasteiger partial charge < -0.3 is 5.48 Å². The van der Waals surface area contributed by atoms with Gasteiger partial charge in [-0.3, -0.25) is 10.2 Å². The third-order valence-corrected chi connectivity index (χ3v) is 3.22. The summed E-state index contributed by atoms with van der Waals surface area (Å²) in [6, 6.07) is 7.74. The van der Waals surface area contributed by atoms with Gasteiger partial charge in [0.1, 0.15) is 5.75 Å². The second-order valence-corrected chi connectivity index (χ2v) is 4.63. The fourth-order valence-corrected chi connectivity index (χ4v) is 2.09.